The van der Waals surface area contributed by atoms with E-state index in [-0.39, 0.29) is 17.6 Å². The summed E-state index contributed by atoms with van der Waals surface area (Å²) in [4.78, 5) is 10.7. The van der Waals surface area contributed by atoms with E-state index in [0.29, 0.717) is 6.42 Å². The molecule has 0 atom stereocenters. The van der Waals surface area contributed by atoms with Crippen LogP contribution in [0.1, 0.15) is 39.7 Å². The maximum absolute atomic E-state index is 10.7. The van der Waals surface area contributed by atoms with Crippen LogP contribution in [0.25, 0.3) is 0 Å². The van der Waals surface area contributed by atoms with Crippen molar-refractivity contribution in [1.29, 1.82) is 0 Å². The van der Waals surface area contributed by atoms with Gasteiger partial charge in [-0.15, -0.1) is 0 Å². The lowest BCUT2D eigenvalue weighted by Gasteiger charge is -2.32. The second-order valence-corrected chi connectivity index (χ2v) is 7.19. The summed E-state index contributed by atoms with van der Waals surface area (Å²) < 4.78 is 12.9. The Labute approximate surface area is 134 Å². The van der Waals surface area contributed by atoms with Crippen LogP contribution in [0, 0.1) is 0 Å². The van der Waals surface area contributed by atoms with Crippen LogP contribution in [-0.4, -0.2) is 29.4 Å². The molecule has 1 fully saturated rings. The van der Waals surface area contributed by atoms with E-state index >= 15 is 0 Å². The highest BCUT2D eigenvalue weighted by Gasteiger charge is 2.51. The lowest BCUT2D eigenvalue weighted by atomic mass is 9.78. The summed E-state index contributed by atoms with van der Waals surface area (Å²) in [6, 6.07) is 5.81. The van der Waals surface area contributed by atoms with E-state index in [0.717, 1.165) is 15.5 Å². The zero-order valence-corrected chi connectivity index (χ0v) is 14.4. The number of benzene rings is 1. The molecule has 0 spiro atoms. The molecule has 4 nitrogen and oxygen atoms in total. The van der Waals surface area contributed by atoms with Crippen molar-refractivity contribution in [2.75, 3.05) is 0 Å². The highest BCUT2D eigenvalue weighted by Crippen LogP contribution is 2.36. The van der Waals surface area contributed by atoms with Crippen molar-refractivity contribution in [2.24, 2.45) is 0 Å². The molecule has 1 N–H and O–H groups in total. The molecule has 0 unspecified atom stereocenters. The first-order valence-corrected chi connectivity index (χ1v) is 7.77. The summed E-state index contributed by atoms with van der Waals surface area (Å²) in [5, 5.41) is 8.82. The molecular formula is C15H20BBrO4. The fourth-order valence-electron chi connectivity index (χ4n) is 2.15. The Hall–Kier alpha value is -0.845. The Bertz CT molecular complexity index is 541. The van der Waals surface area contributed by atoms with Crippen LogP contribution in [0.2, 0.25) is 0 Å². The smallest absolute Gasteiger partial charge is 0.481 e. The molecule has 0 aliphatic carbocycles. The lowest BCUT2D eigenvalue weighted by Crippen LogP contribution is -2.41. The van der Waals surface area contributed by atoms with E-state index < -0.39 is 13.1 Å². The molecule has 0 aromatic heterocycles. The fraction of sp³-hybridized carbons (Fsp3) is 0.533. The van der Waals surface area contributed by atoms with E-state index in [9.17, 15) is 4.79 Å². The number of hydrogen-bond acceptors (Lipinski definition) is 3. The molecule has 0 saturated carbocycles. The van der Waals surface area contributed by atoms with Gasteiger partial charge in [0.25, 0.3) is 0 Å². The van der Waals surface area contributed by atoms with Crippen LogP contribution in [0.15, 0.2) is 22.7 Å². The molecule has 1 aromatic carbocycles. The van der Waals surface area contributed by atoms with Crippen LogP contribution in [0.3, 0.4) is 0 Å². The highest BCUT2D eigenvalue weighted by molar-refractivity contribution is 9.10. The Balaban J connectivity index is 2.22. The zero-order valence-electron chi connectivity index (χ0n) is 12.8. The third-order valence-corrected chi connectivity index (χ3v) is 4.98. The minimum atomic E-state index is -0.803. The quantitative estimate of drug-likeness (QED) is 0.844. The molecule has 21 heavy (non-hydrogen) atoms. The zero-order chi connectivity index (χ0) is 15.8. The first-order valence-electron chi connectivity index (χ1n) is 6.98. The van der Waals surface area contributed by atoms with E-state index in [1.165, 1.54) is 0 Å². The molecule has 0 amide bonds. The van der Waals surface area contributed by atoms with Crippen LogP contribution < -0.4 is 5.46 Å². The number of carbonyl (C=O) groups is 1. The Morgan fingerprint density at radius 3 is 2.33 bits per heavy atom. The number of carboxylic acids is 1. The standard InChI is InChI=1S/C15H20BBrO4/c1-14(2)15(3,4)21-16(20-14)11-6-7-12(17)10(9-11)5-8-13(18)19/h6-7,9H,5,8H2,1-4H3,(H,18,19). The van der Waals surface area contributed by atoms with Gasteiger partial charge in [-0.2, -0.15) is 0 Å². The van der Waals surface area contributed by atoms with Gasteiger partial charge in [0.1, 0.15) is 0 Å². The number of aliphatic carboxylic acids is 1. The molecular weight excluding hydrogens is 335 g/mol. The van der Waals surface area contributed by atoms with Crippen LogP contribution in [-0.2, 0) is 20.5 Å². The number of rotatable bonds is 4. The second kappa shape index (κ2) is 5.74. The largest absolute Gasteiger partial charge is 0.494 e. The summed E-state index contributed by atoms with van der Waals surface area (Å²) in [5.74, 6) is -0.803. The average molecular weight is 355 g/mol. The van der Waals surface area contributed by atoms with Gasteiger partial charge in [-0.25, -0.2) is 0 Å². The molecule has 0 bridgehead atoms. The van der Waals surface area contributed by atoms with Crippen LogP contribution in [0.4, 0.5) is 0 Å². The van der Waals surface area contributed by atoms with Crippen molar-refractivity contribution >= 4 is 34.5 Å². The summed E-state index contributed by atoms with van der Waals surface area (Å²) in [6.07, 6.45) is 0.578. The van der Waals surface area contributed by atoms with Crippen molar-refractivity contribution < 1.29 is 19.2 Å². The molecule has 0 radical (unpaired) electrons. The molecule has 114 valence electrons. The molecule has 1 heterocycles. The Morgan fingerprint density at radius 2 is 1.81 bits per heavy atom. The molecule has 2 rings (SSSR count). The topological polar surface area (TPSA) is 55.8 Å². The fourth-order valence-corrected chi connectivity index (χ4v) is 2.60. The minimum absolute atomic E-state index is 0.103. The Kier molecular flexibility index (Phi) is 4.52. The number of carboxylic acid groups (broad SMARTS) is 1. The summed E-state index contributed by atoms with van der Waals surface area (Å²) >= 11 is 3.46. The first-order chi connectivity index (χ1) is 9.62. The van der Waals surface area contributed by atoms with Gasteiger partial charge in [-0.3, -0.25) is 4.79 Å². The van der Waals surface area contributed by atoms with Gasteiger partial charge in [0.2, 0.25) is 0 Å². The predicted octanol–water partition coefficient (Wildman–Crippen LogP) is 2.77. The predicted molar refractivity (Wildman–Crippen MR) is 85.8 cm³/mol. The summed E-state index contributed by atoms with van der Waals surface area (Å²) in [7, 11) is -0.424. The summed E-state index contributed by atoms with van der Waals surface area (Å²) in [5.41, 5.74) is 1.10. The van der Waals surface area contributed by atoms with Crippen molar-refractivity contribution in [3.8, 4) is 0 Å². The van der Waals surface area contributed by atoms with Gasteiger partial charge >= 0.3 is 13.1 Å². The normalized spacial score (nSPS) is 19.8. The molecule has 1 saturated heterocycles. The molecule has 1 aliphatic rings. The minimum Gasteiger partial charge on any atom is -0.481 e. The first kappa shape index (κ1) is 16.5. The lowest BCUT2D eigenvalue weighted by molar-refractivity contribution is -0.136. The average Bonchev–Trinajstić information content (AvgIpc) is 2.57. The van der Waals surface area contributed by atoms with Crippen molar-refractivity contribution in [3.63, 3.8) is 0 Å². The van der Waals surface area contributed by atoms with Crippen LogP contribution in [0.5, 0.6) is 0 Å². The van der Waals surface area contributed by atoms with E-state index in [1.54, 1.807) is 0 Å². The summed E-state index contributed by atoms with van der Waals surface area (Å²) in [6.45, 7) is 8.04. The van der Waals surface area contributed by atoms with Gasteiger partial charge in [0, 0.05) is 10.9 Å². The Morgan fingerprint density at radius 1 is 1.24 bits per heavy atom. The number of hydrogen-bond donors (Lipinski definition) is 1. The molecule has 6 heteroatoms. The van der Waals surface area contributed by atoms with Crippen molar-refractivity contribution in [3.05, 3.63) is 28.2 Å². The molecule has 1 aromatic rings. The molecule has 1 aliphatic heterocycles. The van der Waals surface area contributed by atoms with Crippen LogP contribution >= 0.6 is 15.9 Å². The maximum Gasteiger partial charge on any atom is 0.494 e. The number of halogens is 1. The third kappa shape index (κ3) is 3.50. The SMILES string of the molecule is CC1(C)OB(c2ccc(Br)c(CCC(=O)O)c2)OC1(C)C. The van der Waals surface area contributed by atoms with Gasteiger partial charge in [0.15, 0.2) is 0 Å². The van der Waals surface area contributed by atoms with Gasteiger partial charge in [0.05, 0.1) is 11.2 Å². The highest BCUT2D eigenvalue weighted by atomic mass is 79.9. The van der Waals surface area contributed by atoms with Gasteiger partial charge in [-0.1, -0.05) is 28.1 Å². The monoisotopic (exact) mass is 354 g/mol. The maximum atomic E-state index is 10.7. The van der Waals surface area contributed by atoms with E-state index in [4.69, 9.17) is 14.4 Å². The van der Waals surface area contributed by atoms with Gasteiger partial charge in [-0.05, 0) is 51.2 Å². The number of aryl methyl sites for hydroxylation is 1. The van der Waals surface area contributed by atoms with Crippen molar-refractivity contribution in [2.45, 2.75) is 51.7 Å². The second-order valence-electron chi connectivity index (χ2n) is 6.33. The van der Waals surface area contributed by atoms with E-state index in [1.807, 2.05) is 45.9 Å². The third-order valence-electron chi connectivity index (χ3n) is 4.20. The van der Waals surface area contributed by atoms with E-state index in [2.05, 4.69) is 15.9 Å². The van der Waals surface area contributed by atoms with Gasteiger partial charge < -0.3 is 14.4 Å². The van der Waals surface area contributed by atoms with Crippen molar-refractivity contribution in [1.82, 2.24) is 0 Å².